The van der Waals surface area contributed by atoms with Crippen LogP contribution in [0, 0.1) is 0 Å². The highest BCUT2D eigenvalue weighted by Gasteiger charge is 2.41. The zero-order valence-electron chi connectivity index (χ0n) is 34.8. The van der Waals surface area contributed by atoms with Gasteiger partial charge in [-0.25, -0.2) is 4.98 Å². The summed E-state index contributed by atoms with van der Waals surface area (Å²) in [7, 11) is 0. The summed E-state index contributed by atoms with van der Waals surface area (Å²) in [6.45, 7) is 11.5. The van der Waals surface area contributed by atoms with Crippen molar-refractivity contribution >= 4 is 46.3 Å². The number of para-hydroxylation sites is 1. The number of hydrogen-bond acceptors (Lipinski definition) is 10. The molecular weight excluding hydrogens is 788 g/mol. The number of carbonyl (C=O) groups excluding carboxylic acids is 3. The lowest BCUT2D eigenvalue weighted by Gasteiger charge is -2.47. The number of thiazole rings is 1. The number of carbonyl (C=O) groups is 3. The molecule has 3 fully saturated rings. The van der Waals surface area contributed by atoms with Gasteiger partial charge < -0.3 is 34.6 Å². The van der Waals surface area contributed by atoms with Crippen LogP contribution in [0.2, 0.25) is 5.02 Å². The largest absolute Gasteiger partial charge is 0.481 e. The number of nitrogens with one attached hydrogen (secondary N) is 2. The second-order valence-electron chi connectivity index (χ2n) is 16.8. The van der Waals surface area contributed by atoms with Gasteiger partial charge in [0.05, 0.1) is 49.1 Å². The number of morpholine rings is 1. The van der Waals surface area contributed by atoms with E-state index in [0.29, 0.717) is 70.5 Å². The zero-order chi connectivity index (χ0) is 41.2. The molecule has 320 valence electrons. The Kier molecular flexibility index (Phi) is 15.3. The fourth-order valence-corrected chi connectivity index (χ4v) is 9.94. The SMILES string of the molecule is CC(C)c1nc(C(=O)N2CCOC3(CCN(Cc4cccc(CCOCCC(=O)N(CCNCCc5cccc6c5OCC(=O)N6)C5CCCCC5)c4Cl)CC3)C2)cs1. The van der Waals surface area contributed by atoms with Crippen LogP contribution in [0.1, 0.15) is 103 Å². The maximum absolute atomic E-state index is 13.6. The molecule has 4 aliphatic rings. The van der Waals surface area contributed by atoms with Crippen LogP contribution in [0.4, 0.5) is 5.69 Å². The summed E-state index contributed by atoms with van der Waals surface area (Å²) in [5.41, 5.74) is 4.16. The van der Waals surface area contributed by atoms with E-state index in [1.54, 1.807) is 11.3 Å². The Labute approximate surface area is 358 Å². The zero-order valence-corrected chi connectivity index (χ0v) is 36.3. The first-order valence-electron chi connectivity index (χ1n) is 21.7. The van der Waals surface area contributed by atoms with E-state index in [4.69, 9.17) is 25.8 Å². The Morgan fingerprint density at radius 3 is 2.61 bits per heavy atom. The van der Waals surface area contributed by atoms with E-state index in [0.717, 1.165) is 109 Å². The molecule has 1 spiro atoms. The van der Waals surface area contributed by atoms with E-state index in [-0.39, 0.29) is 36.0 Å². The first-order chi connectivity index (χ1) is 28.7. The number of anilines is 1. The van der Waals surface area contributed by atoms with Crippen molar-refractivity contribution in [3.8, 4) is 5.75 Å². The number of hydrogen-bond donors (Lipinski definition) is 2. The van der Waals surface area contributed by atoms with Gasteiger partial charge in [0.1, 0.15) is 11.4 Å². The lowest BCUT2D eigenvalue weighted by molar-refractivity contribution is -0.135. The number of fused-ring (bicyclic) bond motifs is 1. The van der Waals surface area contributed by atoms with Crippen LogP contribution in [0.3, 0.4) is 0 Å². The van der Waals surface area contributed by atoms with E-state index in [2.05, 4.69) is 57.5 Å². The molecule has 14 heteroatoms. The van der Waals surface area contributed by atoms with Crippen LogP contribution >= 0.6 is 22.9 Å². The fourth-order valence-electron chi connectivity index (χ4n) is 8.85. The minimum absolute atomic E-state index is 0.00691. The number of halogens is 1. The molecular formula is C45H61ClN6O6S. The third kappa shape index (κ3) is 11.4. The highest BCUT2D eigenvalue weighted by molar-refractivity contribution is 7.09. The fraction of sp³-hybridized carbons (Fsp3) is 0.600. The molecule has 2 aromatic carbocycles. The van der Waals surface area contributed by atoms with Crippen molar-refractivity contribution < 1.29 is 28.6 Å². The lowest BCUT2D eigenvalue weighted by atomic mass is 9.89. The highest BCUT2D eigenvalue weighted by atomic mass is 35.5. The summed E-state index contributed by atoms with van der Waals surface area (Å²) in [5.74, 6) is 1.09. The molecule has 0 bridgehead atoms. The second kappa shape index (κ2) is 20.8. The molecule has 0 atom stereocenters. The van der Waals surface area contributed by atoms with E-state index < -0.39 is 0 Å². The smallest absolute Gasteiger partial charge is 0.273 e. The number of rotatable bonds is 17. The summed E-state index contributed by atoms with van der Waals surface area (Å²) < 4.78 is 18.1. The molecule has 7 rings (SSSR count). The van der Waals surface area contributed by atoms with Gasteiger partial charge in [0.25, 0.3) is 11.8 Å². The van der Waals surface area contributed by atoms with Gasteiger partial charge in [0.15, 0.2) is 6.61 Å². The number of nitrogens with zero attached hydrogens (tertiary/aromatic N) is 4. The maximum Gasteiger partial charge on any atom is 0.273 e. The molecule has 1 aliphatic carbocycles. The third-order valence-corrected chi connectivity index (χ3v) is 13.9. The number of aromatic nitrogens is 1. The van der Waals surface area contributed by atoms with Crippen molar-refractivity contribution in [2.75, 3.05) is 77.6 Å². The molecule has 0 radical (unpaired) electrons. The van der Waals surface area contributed by atoms with E-state index in [9.17, 15) is 14.4 Å². The Hall–Kier alpha value is -3.59. The quantitative estimate of drug-likeness (QED) is 0.143. The van der Waals surface area contributed by atoms with Crippen molar-refractivity contribution in [3.63, 3.8) is 0 Å². The summed E-state index contributed by atoms with van der Waals surface area (Å²) in [4.78, 5) is 49.7. The number of piperidine rings is 1. The van der Waals surface area contributed by atoms with E-state index in [1.807, 2.05) is 28.5 Å². The Morgan fingerprint density at radius 1 is 1.03 bits per heavy atom. The summed E-state index contributed by atoms with van der Waals surface area (Å²) in [5, 5.41) is 10.1. The summed E-state index contributed by atoms with van der Waals surface area (Å²) in [6.07, 6.45) is 9.19. The van der Waals surface area contributed by atoms with Crippen molar-refractivity contribution in [1.82, 2.24) is 25.0 Å². The van der Waals surface area contributed by atoms with Gasteiger partial charge in [-0.15, -0.1) is 11.3 Å². The van der Waals surface area contributed by atoms with Crippen LogP contribution in [0.5, 0.6) is 5.75 Å². The molecule has 3 aliphatic heterocycles. The summed E-state index contributed by atoms with van der Waals surface area (Å²) >= 11 is 8.55. The van der Waals surface area contributed by atoms with Crippen molar-refractivity contribution in [3.05, 3.63) is 74.2 Å². The topological polar surface area (TPSA) is 126 Å². The minimum Gasteiger partial charge on any atom is -0.481 e. The van der Waals surface area contributed by atoms with Gasteiger partial charge >= 0.3 is 0 Å². The Bertz CT molecular complexity index is 1890. The van der Waals surface area contributed by atoms with E-state index in [1.165, 1.54) is 6.42 Å². The Balaban J connectivity index is 0.825. The van der Waals surface area contributed by atoms with Crippen molar-refractivity contribution in [1.29, 1.82) is 0 Å². The van der Waals surface area contributed by atoms with Crippen LogP contribution in [0.15, 0.2) is 41.8 Å². The monoisotopic (exact) mass is 848 g/mol. The van der Waals surface area contributed by atoms with Crippen molar-refractivity contribution in [2.45, 2.75) is 102 Å². The average molecular weight is 850 g/mol. The molecule has 0 unspecified atom stereocenters. The Morgan fingerprint density at radius 2 is 1.81 bits per heavy atom. The van der Waals surface area contributed by atoms with Crippen LogP contribution < -0.4 is 15.4 Å². The van der Waals surface area contributed by atoms with Gasteiger partial charge in [-0.05, 0) is 67.8 Å². The minimum atomic E-state index is -0.322. The highest BCUT2D eigenvalue weighted by Crippen LogP contribution is 2.34. The molecule has 4 heterocycles. The van der Waals surface area contributed by atoms with Gasteiger partial charge in [0, 0.05) is 61.6 Å². The average Bonchev–Trinajstić information content (AvgIpc) is 3.75. The molecule has 3 aromatic rings. The third-order valence-electron chi connectivity index (χ3n) is 12.2. The first-order valence-corrected chi connectivity index (χ1v) is 22.9. The van der Waals surface area contributed by atoms with Crippen LogP contribution in [0.25, 0.3) is 0 Å². The lowest BCUT2D eigenvalue weighted by Crippen LogP contribution is -2.58. The number of likely N-dealkylation sites (tertiary alicyclic amines) is 1. The molecule has 12 nitrogen and oxygen atoms in total. The molecule has 59 heavy (non-hydrogen) atoms. The molecule has 2 saturated heterocycles. The normalized spacial score (nSPS) is 18.4. The van der Waals surface area contributed by atoms with E-state index >= 15 is 0 Å². The van der Waals surface area contributed by atoms with Crippen LogP contribution in [-0.4, -0.2) is 121 Å². The first kappa shape index (κ1) is 43.5. The maximum atomic E-state index is 13.6. The molecule has 1 aromatic heterocycles. The van der Waals surface area contributed by atoms with Gasteiger partial charge in [-0.1, -0.05) is 75.0 Å². The molecule has 3 amide bonds. The second-order valence-corrected chi connectivity index (χ2v) is 18.0. The number of amides is 3. The molecule has 1 saturated carbocycles. The van der Waals surface area contributed by atoms with Gasteiger partial charge in [0.2, 0.25) is 5.91 Å². The standard InChI is InChI=1S/C45H61ClN6O6S/c1-32(2)43-49-38(30-59-43)44(55)51-24-27-58-45(31-51)17-21-50(22-18-45)28-35-10-6-8-33(41(35)46)15-25-56-26-16-40(54)52(36-11-4-3-5-12-36)23-20-47-19-14-34-9-7-13-37-42(34)57-29-39(53)48-37/h6-10,13,30,32,36,47H,3-5,11-12,14-29,31H2,1-2H3,(H,48,53). The molecule has 2 N–H and O–H groups in total. The number of benzene rings is 2. The van der Waals surface area contributed by atoms with Crippen molar-refractivity contribution in [2.24, 2.45) is 0 Å². The predicted octanol–water partition coefficient (Wildman–Crippen LogP) is 6.70. The predicted molar refractivity (Wildman–Crippen MR) is 232 cm³/mol. The van der Waals surface area contributed by atoms with Crippen LogP contribution in [-0.2, 0) is 38.4 Å². The number of ether oxygens (including phenoxy) is 3. The van der Waals surface area contributed by atoms with Gasteiger partial charge in [-0.3, -0.25) is 19.3 Å². The van der Waals surface area contributed by atoms with Gasteiger partial charge in [-0.2, -0.15) is 0 Å². The summed E-state index contributed by atoms with van der Waals surface area (Å²) in [6, 6.07) is 12.3.